The van der Waals surface area contributed by atoms with Gasteiger partial charge in [-0.25, -0.2) is 0 Å². The molecule has 0 fully saturated rings. The van der Waals surface area contributed by atoms with Crippen LogP contribution < -0.4 is 10.6 Å². The maximum absolute atomic E-state index is 10.7. The minimum absolute atomic E-state index is 1.21. The van der Waals surface area contributed by atoms with E-state index < -0.39 is 17.2 Å². The van der Waals surface area contributed by atoms with Gasteiger partial charge in [0.25, 0.3) is 0 Å². The van der Waals surface area contributed by atoms with Gasteiger partial charge in [-0.05, 0) is 19.9 Å². The molecule has 0 saturated heterocycles. The summed E-state index contributed by atoms with van der Waals surface area (Å²) in [6.07, 6.45) is 2.51. The van der Waals surface area contributed by atoms with Crippen LogP contribution >= 0.6 is 0 Å². The minimum atomic E-state index is -1.80. The van der Waals surface area contributed by atoms with Gasteiger partial charge in [-0.15, -0.1) is 0 Å². The molecule has 0 amide bonds. The maximum atomic E-state index is 10.7. The largest absolute Gasteiger partial charge is 0.546 e. The fourth-order valence-corrected chi connectivity index (χ4v) is 1.00. The zero-order valence-corrected chi connectivity index (χ0v) is 6.83. The second kappa shape index (κ2) is 2.46. The van der Waals surface area contributed by atoms with E-state index in [4.69, 9.17) is 4.84 Å². The van der Waals surface area contributed by atoms with Crippen LogP contribution in [-0.4, -0.2) is 22.3 Å². The van der Waals surface area contributed by atoms with Gasteiger partial charge in [0.15, 0.2) is 5.60 Å². The van der Waals surface area contributed by atoms with Crippen LogP contribution in [0.25, 0.3) is 0 Å². The predicted molar refractivity (Wildman–Crippen MR) is 37.4 cm³/mol. The van der Waals surface area contributed by atoms with Gasteiger partial charge < -0.3 is 15.0 Å². The molecule has 0 aromatic rings. The molecule has 1 aliphatic heterocycles. The lowest BCUT2D eigenvalue weighted by molar-refractivity contribution is -0.334. The zero-order valence-electron chi connectivity index (χ0n) is 6.83. The number of hydrogen-bond donors (Lipinski definition) is 2. The molecule has 0 aromatic heterocycles. The van der Waals surface area contributed by atoms with Crippen molar-refractivity contribution in [3.8, 4) is 0 Å². The van der Waals surface area contributed by atoms with E-state index in [1.165, 1.54) is 26.1 Å². The van der Waals surface area contributed by atoms with E-state index in [1.807, 2.05) is 0 Å². The SMILES string of the molecule is CC(C)(O)C1(C(=O)[O-])C=CNO1. The lowest BCUT2D eigenvalue weighted by Crippen LogP contribution is -2.61. The number of hydroxylamine groups is 1. The first-order chi connectivity index (χ1) is 5.40. The van der Waals surface area contributed by atoms with Crippen molar-refractivity contribution in [1.29, 1.82) is 0 Å². The van der Waals surface area contributed by atoms with Crippen LogP contribution in [0.2, 0.25) is 0 Å². The molecular formula is C7H10NO4-. The summed E-state index contributed by atoms with van der Waals surface area (Å²) in [6.45, 7) is 2.67. The molecule has 2 N–H and O–H groups in total. The molecule has 1 rings (SSSR count). The number of rotatable bonds is 2. The van der Waals surface area contributed by atoms with Gasteiger partial charge >= 0.3 is 0 Å². The molecule has 0 aromatic carbocycles. The molecule has 1 unspecified atom stereocenters. The number of nitrogens with one attached hydrogen (secondary N) is 1. The molecule has 1 heterocycles. The molecule has 5 nitrogen and oxygen atoms in total. The summed E-state index contributed by atoms with van der Waals surface area (Å²) in [5.74, 6) is -1.48. The number of aliphatic hydroxyl groups is 1. The lowest BCUT2D eigenvalue weighted by atomic mass is 9.86. The van der Waals surface area contributed by atoms with Crippen LogP contribution in [0.4, 0.5) is 0 Å². The molecule has 0 spiro atoms. The topological polar surface area (TPSA) is 81.6 Å². The summed E-state index contributed by atoms with van der Waals surface area (Å²) < 4.78 is 0. The first kappa shape index (κ1) is 9.02. The monoisotopic (exact) mass is 172 g/mol. The predicted octanol–water partition coefficient (Wildman–Crippen LogP) is -1.71. The Kier molecular flexibility index (Phi) is 1.85. The zero-order chi connectivity index (χ0) is 9.41. The van der Waals surface area contributed by atoms with Gasteiger partial charge in [-0.3, -0.25) is 10.3 Å². The molecule has 12 heavy (non-hydrogen) atoms. The summed E-state index contributed by atoms with van der Waals surface area (Å²) in [4.78, 5) is 15.4. The third-order valence-corrected chi connectivity index (χ3v) is 1.82. The van der Waals surface area contributed by atoms with Crippen molar-refractivity contribution in [2.24, 2.45) is 0 Å². The second-order valence-corrected chi connectivity index (χ2v) is 3.14. The van der Waals surface area contributed by atoms with E-state index in [1.54, 1.807) is 0 Å². The van der Waals surface area contributed by atoms with Crippen molar-refractivity contribution in [2.45, 2.75) is 25.0 Å². The molecule has 1 atom stereocenters. The first-order valence-corrected chi connectivity index (χ1v) is 3.45. The van der Waals surface area contributed by atoms with Crippen molar-refractivity contribution in [2.75, 3.05) is 0 Å². The highest BCUT2D eigenvalue weighted by molar-refractivity contribution is 5.80. The Balaban J connectivity index is 3.04. The third kappa shape index (κ3) is 1.07. The van der Waals surface area contributed by atoms with E-state index in [9.17, 15) is 15.0 Å². The smallest absolute Gasteiger partial charge is 0.183 e. The number of carboxylic acids is 1. The molecular weight excluding hydrogens is 162 g/mol. The van der Waals surface area contributed by atoms with Crippen molar-refractivity contribution in [3.63, 3.8) is 0 Å². The van der Waals surface area contributed by atoms with E-state index in [0.29, 0.717) is 0 Å². The quantitative estimate of drug-likeness (QED) is 0.518. The number of hydrogen-bond acceptors (Lipinski definition) is 5. The average molecular weight is 172 g/mol. The maximum Gasteiger partial charge on any atom is 0.183 e. The third-order valence-electron chi connectivity index (χ3n) is 1.82. The fourth-order valence-electron chi connectivity index (χ4n) is 1.00. The van der Waals surface area contributed by atoms with Gasteiger partial charge in [0, 0.05) is 6.20 Å². The molecule has 0 radical (unpaired) electrons. The van der Waals surface area contributed by atoms with Gasteiger partial charge in [0.05, 0.1) is 11.6 Å². The first-order valence-electron chi connectivity index (χ1n) is 3.45. The normalized spacial score (nSPS) is 28.6. The van der Waals surface area contributed by atoms with E-state index in [0.717, 1.165) is 0 Å². The Morgan fingerprint density at radius 2 is 2.33 bits per heavy atom. The fraction of sp³-hybridized carbons (Fsp3) is 0.571. The summed E-state index contributed by atoms with van der Waals surface area (Å²) in [6, 6.07) is 0. The molecule has 1 aliphatic rings. The van der Waals surface area contributed by atoms with Crippen molar-refractivity contribution < 1.29 is 19.8 Å². The van der Waals surface area contributed by atoms with Crippen molar-refractivity contribution >= 4 is 5.97 Å². The molecule has 0 bridgehead atoms. The van der Waals surface area contributed by atoms with E-state index in [2.05, 4.69) is 5.48 Å². The Bertz CT molecular complexity index is 230. The van der Waals surface area contributed by atoms with Crippen molar-refractivity contribution in [1.82, 2.24) is 5.48 Å². The Morgan fingerprint density at radius 1 is 1.75 bits per heavy atom. The Labute approximate surface area is 69.6 Å². The van der Waals surface area contributed by atoms with Crippen molar-refractivity contribution in [3.05, 3.63) is 12.3 Å². The number of carbonyl (C=O) groups excluding carboxylic acids is 1. The van der Waals surface area contributed by atoms with Crippen LogP contribution in [-0.2, 0) is 9.63 Å². The highest BCUT2D eigenvalue weighted by Crippen LogP contribution is 2.28. The average Bonchev–Trinajstić information content (AvgIpc) is 2.31. The Hall–Kier alpha value is -1.07. The van der Waals surface area contributed by atoms with Crippen LogP contribution in [0.1, 0.15) is 13.8 Å². The number of aliphatic carboxylic acids is 1. The summed E-state index contributed by atoms with van der Waals surface area (Å²) in [7, 11) is 0. The highest BCUT2D eigenvalue weighted by atomic mass is 16.7. The summed E-state index contributed by atoms with van der Waals surface area (Å²) in [5.41, 5.74) is -1.09. The number of carboxylic acid groups (broad SMARTS) is 1. The summed E-state index contributed by atoms with van der Waals surface area (Å²) >= 11 is 0. The van der Waals surface area contributed by atoms with Gasteiger partial charge in [-0.1, -0.05) is 0 Å². The molecule has 0 aliphatic carbocycles. The molecule has 5 heteroatoms. The lowest BCUT2D eigenvalue weighted by Gasteiger charge is -2.37. The Morgan fingerprint density at radius 3 is 2.50 bits per heavy atom. The second-order valence-electron chi connectivity index (χ2n) is 3.14. The number of carbonyl (C=O) groups is 1. The summed E-state index contributed by atoms with van der Waals surface area (Å²) in [5, 5.41) is 20.2. The minimum Gasteiger partial charge on any atom is -0.546 e. The van der Waals surface area contributed by atoms with Crippen LogP contribution in [0.5, 0.6) is 0 Å². The molecule has 68 valence electrons. The van der Waals surface area contributed by atoms with Crippen LogP contribution in [0.15, 0.2) is 12.3 Å². The van der Waals surface area contributed by atoms with E-state index >= 15 is 0 Å². The van der Waals surface area contributed by atoms with Gasteiger partial charge in [0.2, 0.25) is 0 Å². The van der Waals surface area contributed by atoms with Crippen LogP contribution in [0.3, 0.4) is 0 Å². The molecule has 0 saturated carbocycles. The standard InChI is InChI=1S/C7H11NO4/c1-6(2,11)7(5(9)10)3-4-8-12-7/h3-4,8,11H,1-2H3,(H,9,10)/p-1. The van der Waals surface area contributed by atoms with Gasteiger partial charge in [0.1, 0.15) is 0 Å². The highest BCUT2D eigenvalue weighted by Gasteiger charge is 2.47. The van der Waals surface area contributed by atoms with E-state index in [-0.39, 0.29) is 0 Å². The van der Waals surface area contributed by atoms with Gasteiger partial charge in [-0.2, -0.15) is 0 Å². The van der Waals surface area contributed by atoms with Crippen LogP contribution in [0, 0.1) is 0 Å².